The van der Waals surface area contributed by atoms with E-state index in [1.807, 2.05) is 0 Å². The van der Waals surface area contributed by atoms with Crippen molar-refractivity contribution in [1.82, 2.24) is 4.90 Å². The van der Waals surface area contributed by atoms with E-state index in [4.69, 9.17) is 5.73 Å². The van der Waals surface area contributed by atoms with Crippen LogP contribution in [0.1, 0.15) is 46.0 Å². The second-order valence-electron chi connectivity index (χ2n) is 3.97. The highest BCUT2D eigenvalue weighted by atomic mass is 15.1. The maximum absolute atomic E-state index is 5.52. The van der Waals surface area contributed by atoms with Gasteiger partial charge in [-0.25, -0.2) is 0 Å². The van der Waals surface area contributed by atoms with Crippen LogP contribution < -0.4 is 5.73 Å². The molecule has 2 N–H and O–H groups in total. The van der Waals surface area contributed by atoms with E-state index < -0.39 is 0 Å². The van der Waals surface area contributed by atoms with E-state index in [9.17, 15) is 0 Å². The molecule has 0 heterocycles. The van der Waals surface area contributed by atoms with Crippen molar-refractivity contribution in [2.24, 2.45) is 5.73 Å². The molecule has 0 aromatic rings. The molecular weight excluding hydrogens is 160 g/mol. The van der Waals surface area contributed by atoms with Gasteiger partial charge >= 0.3 is 0 Å². The van der Waals surface area contributed by atoms with Crippen LogP contribution in [0.3, 0.4) is 0 Å². The fourth-order valence-electron chi connectivity index (χ4n) is 1.47. The largest absolute Gasteiger partial charge is 0.330 e. The molecule has 0 rings (SSSR count). The van der Waals surface area contributed by atoms with Gasteiger partial charge in [0.1, 0.15) is 0 Å². The summed E-state index contributed by atoms with van der Waals surface area (Å²) in [5.74, 6) is 0. The maximum atomic E-state index is 5.52. The second-order valence-corrected chi connectivity index (χ2v) is 3.97. The lowest BCUT2D eigenvalue weighted by Gasteiger charge is -2.24. The molecule has 0 aliphatic heterocycles. The predicted octanol–water partition coefficient (Wildman–Crippen LogP) is 2.24. The van der Waals surface area contributed by atoms with Crippen LogP contribution in [0.25, 0.3) is 0 Å². The molecule has 1 unspecified atom stereocenters. The van der Waals surface area contributed by atoms with Crippen molar-refractivity contribution in [3.63, 3.8) is 0 Å². The summed E-state index contributed by atoms with van der Waals surface area (Å²) in [6.07, 6.45) is 6.51. The number of hydrogen-bond acceptors (Lipinski definition) is 2. The van der Waals surface area contributed by atoms with Crippen LogP contribution in [0.15, 0.2) is 0 Å². The summed E-state index contributed by atoms with van der Waals surface area (Å²) >= 11 is 0. The van der Waals surface area contributed by atoms with Crippen LogP contribution in [0.2, 0.25) is 0 Å². The average Bonchev–Trinajstić information content (AvgIpc) is 2.12. The first-order valence-electron chi connectivity index (χ1n) is 5.62. The van der Waals surface area contributed by atoms with Crippen molar-refractivity contribution in [2.75, 3.05) is 20.1 Å². The van der Waals surface area contributed by atoms with Crippen LogP contribution >= 0.6 is 0 Å². The SMILES string of the molecule is CCCCCCN(C)C(C)CCN. The molecule has 0 bridgehead atoms. The third-order valence-corrected chi connectivity index (χ3v) is 2.70. The van der Waals surface area contributed by atoms with Gasteiger partial charge in [0.2, 0.25) is 0 Å². The van der Waals surface area contributed by atoms with Crippen molar-refractivity contribution in [3.8, 4) is 0 Å². The fourth-order valence-corrected chi connectivity index (χ4v) is 1.47. The molecule has 80 valence electrons. The van der Waals surface area contributed by atoms with Crippen molar-refractivity contribution in [1.29, 1.82) is 0 Å². The molecule has 0 aromatic heterocycles. The third kappa shape index (κ3) is 7.03. The number of nitrogens with two attached hydrogens (primary N) is 1. The van der Waals surface area contributed by atoms with Gasteiger partial charge in [-0.2, -0.15) is 0 Å². The lowest BCUT2D eigenvalue weighted by molar-refractivity contribution is 0.243. The molecule has 2 heteroatoms. The lowest BCUT2D eigenvalue weighted by Crippen LogP contribution is -2.31. The second kappa shape index (κ2) is 8.52. The summed E-state index contributed by atoms with van der Waals surface area (Å²) in [6, 6.07) is 0.645. The Hall–Kier alpha value is -0.0800. The summed E-state index contributed by atoms with van der Waals surface area (Å²) in [7, 11) is 2.20. The number of unbranched alkanes of at least 4 members (excludes halogenated alkanes) is 3. The maximum Gasteiger partial charge on any atom is 0.00758 e. The number of nitrogens with zero attached hydrogens (tertiary/aromatic N) is 1. The van der Waals surface area contributed by atoms with Crippen LogP contribution in [0.5, 0.6) is 0 Å². The van der Waals surface area contributed by atoms with Gasteiger partial charge in [-0.1, -0.05) is 26.2 Å². The molecule has 0 amide bonds. The summed E-state index contributed by atoms with van der Waals surface area (Å²) in [6.45, 7) is 6.54. The molecule has 0 fully saturated rings. The van der Waals surface area contributed by atoms with Crippen molar-refractivity contribution < 1.29 is 0 Å². The van der Waals surface area contributed by atoms with Crippen molar-refractivity contribution in [3.05, 3.63) is 0 Å². The molecule has 0 aliphatic rings. The van der Waals surface area contributed by atoms with E-state index in [1.54, 1.807) is 0 Å². The first-order valence-corrected chi connectivity index (χ1v) is 5.62. The van der Waals surface area contributed by atoms with Crippen molar-refractivity contribution in [2.45, 2.75) is 52.0 Å². The summed E-state index contributed by atoms with van der Waals surface area (Å²) in [4.78, 5) is 2.42. The summed E-state index contributed by atoms with van der Waals surface area (Å²) < 4.78 is 0. The van der Waals surface area contributed by atoms with Gasteiger partial charge in [0.15, 0.2) is 0 Å². The van der Waals surface area contributed by atoms with Crippen LogP contribution in [0.4, 0.5) is 0 Å². The lowest BCUT2D eigenvalue weighted by atomic mass is 10.1. The Morgan fingerprint density at radius 2 is 1.92 bits per heavy atom. The first-order chi connectivity index (χ1) is 6.22. The van der Waals surface area contributed by atoms with Crippen molar-refractivity contribution >= 4 is 0 Å². The molecule has 0 aromatic carbocycles. The van der Waals surface area contributed by atoms with E-state index in [0.717, 1.165) is 13.0 Å². The molecule has 0 spiro atoms. The Morgan fingerprint density at radius 3 is 2.46 bits per heavy atom. The Morgan fingerprint density at radius 1 is 1.23 bits per heavy atom. The minimum atomic E-state index is 0.645. The highest BCUT2D eigenvalue weighted by Gasteiger charge is 2.06. The Balaban J connectivity index is 3.32. The molecular formula is C11H26N2. The highest BCUT2D eigenvalue weighted by Crippen LogP contribution is 2.04. The van der Waals surface area contributed by atoms with Gasteiger partial charge in [0.25, 0.3) is 0 Å². The van der Waals surface area contributed by atoms with E-state index in [0.29, 0.717) is 6.04 Å². The zero-order valence-electron chi connectivity index (χ0n) is 9.55. The van der Waals surface area contributed by atoms with E-state index >= 15 is 0 Å². The van der Waals surface area contributed by atoms with Crippen LogP contribution in [-0.4, -0.2) is 31.1 Å². The quantitative estimate of drug-likeness (QED) is 0.589. The normalized spacial score (nSPS) is 13.6. The highest BCUT2D eigenvalue weighted by molar-refractivity contribution is 4.63. The molecule has 0 radical (unpaired) electrons. The number of rotatable bonds is 8. The zero-order chi connectivity index (χ0) is 10.1. The molecule has 0 saturated carbocycles. The average molecular weight is 186 g/mol. The van der Waals surface area contributed by atoms with Gasteiger partial charge in [-0.05, 0) is 39.9 Å². The minimum Gasteiger partial charge on any atom is -0.330 e. The van der Waals surface area contributed by atoms with Gasteiger partial charge < -0.3 is 10.6 Å². The van der Waals surface area contributed by atoms with E-state index in [2.05, 4.69) is 25.8 Å². The van der Waals surface area contributed by atoms with Crippen LogP contribution in [-0.2, 0) is 0 Å². The van der Waals surface area contributed by atoms with E-state index in [-0.39, 0.29) is 0 Å². The van der Waals surface area contributed by atoms with Gasteiger partial charge in [0, 0.05) is 6.04 Å². The Kier molecular flexibility index (Phi) is 8.46. The Bertz CT molecular complexity index is 104. The Labute approximate surface area is 83.5 Å². The van der Waals surface area contributed by atoms with Gasteiger partial charge in [0.05, 0.1) is 0 Å². The summed E-state index contributed by atoms with van der Waals surface area (Å²) in [5.41, 5.74) is 5.52. The monoisotopic (exact) mass is 186 g/mol. The molecule has 0 aliphatic carbocycles. The third-order valence-electron chi connectivity index (χ3n) is 2.70. The fraction of sp³-hybridized carbons (Fsp3) is 1.00. The standard InChI is InChI=1S/C11H26N2/c1-4-5-6-7-10-13(3)11(2)8-9-12/h11H,4-10,12H2,1-3H3. The molecule has 2 nitrogen and oxygen atoms in total. The minimum absolute atomic E-state index is 0.645. The molecule has 13 heavy (non-hydrogen) atoms. The van der Waals surface area contributed by atoms with Gasteiger partial charge in [-0.3, -0.25) is 0 Å². The zero-order valence-corrected chi connectivity index (χ0v) is 9.55. The van der Waals surface area contributed by atoms with Crippen LogP contribution in [0, 0.1) is 0 Å². The van der Waals surface area contributed by atoms with Gasteiger partial charge in [-0.15, -0.1) is 0 Å². The molecule has 0 saturated heterocycles. The number of hydrogen-bond donors (Lipinski definition) is 1. The summed E-state index contributed by atoms with van der Waals surface area (Å²) in [5, 5.41) is 0. The smallest absolute Gasteiger partial charge is 0.00758 e. The molecule has 1 atom stereocenters. The predicted molar refractivity (Wildman–Crippen MR) is 59.9 cm³/mol. The van der Waals surface area contributed by atoms with E-state index in [1.165, 1.54) is 32.2 Å². The first kappa shape index (κ1) is 12.9. The topological polar surface area (TPSA) is 29.3 Å².